The van der Waals surface area contributed by atoms with E-state index >= 15 is 0 Å². The summed E-state index contributed by atoms with van der Waals surface area (Å²) in [6, 6.07) is 0. The summed E-state index contributed by atoms with van der Waals surface area (Å²) in [5.41, 5.74) is 0. The van der Waals surface area contributed by atoms with Crippen LogP contribution in [0.5, 0.6) is 0 Å². The highest BCUT2D eigenvalue weighted by Gasteiger charge is 2.30. The Kier molecular flexibility index (Phi) is 52.3. The van der Waals surface area contributed by atoms with E-state index in [-0.39, 0.29) is 19.3 Å². The largest absolute Gasteiger partial charge is 0.472 e. The third-order valence-electron chi connectivity index (χ3n) is 11.9. The molecule has 0 rings (SSSR count). The predicted octanol–water partition coefficient (Wildman–Crippen LogP) is 14.5. The van der Waals surface area contributed by atoms with Crippen LogP contribution >= 0.6 is 15.6 Å². The number of esters is 4. The number of unbranched alkanes of at least 4 members (excludes halogenated alkanes) is 20. The monoisotopic (exact) mass is 1180 g/mol. The molecule has 0 spiro atoms. The molecule has 0 fully saturated rings. The van der Waals surface area contributed by atoms with E-state index in [0.717, 1.165) is 109 Å². The van der Waals surface area contributed by atoms with Crippen molar-refractivity contribution in [2.24, 2.45) is 0 Å². The summed E-state index contributed by atoms with van der Waals surface area (Å²) < 4.78 is 67.0. The highest BCUT2D eigenvalue weighted by Crippen LogP contribution is 2.45. The molecule has 0 radical (unpaired) electrons. The van der Waals surface area contributed by atoms with E-state index in [0.29, 0.717) is 32.1 Å². The van der Waals surface area contributed by atoms with Crippen LogP contribution in [0.2, 0.25) is 0 Å². The van der Waals surface area contributed by atoms with Gasteiger partial charge in [-0.3, -0.25) is 32.5 Å². The number of carbonyl (C=O) groups is 4. The van der Waals surface area contributed by atoms with Gasteiger partial charge in [-0.15, -0.1) is 5.92 Å². The first-order valence-electron chi connectivity index (χ1n) is 30.0. The molecular weight excluding hydrogens is 1080 g/mol. The van der Waals surface area contributed by atoms with Gasteiger partial charge in [-0.05, 0) is 83.5 Å². The minimum atomic E-state index is -5.02. The third kappa shape index (κ3) is 54.9. The fourth-order valence-electron chi connectivity index (χ4n) is 7.27. The van der Waals surface area contributed by atoms with E-state index in [4.69, 9.17) is 37.0 Å². The van der Waals surface area contributed by atoms with Crippen molar-refractivity contribution in [3.63, 3.8) is 0 Å². The van der Waals surface area contributed by atoms with Gasteiger partial charge in [0.2, 0.25) is 0 Å². The lowest BCUT2D eigenvalue weighted by atomic mass is 10.1. The second kappa shape index (κ2) is 55.1. The lowest BCUT2D eigenvalue weighted by Crippen LogP contribution is -2.30. The van der Waals surface area contributed by atoms with Crippen molar-refractivity contribution in [2.45, 2.75) is 245 Å². The van der Waals surface area contributed by atoms with E-state index in [1.807, 2.05) is 24.3 Å². The standard InChI is InChI=1S/C62H102O17P2/c1-5-9-13-17-21-24-27-30-33-36-40-43-47-60(65)72-52-57(78-61(66)48-44-38-20-16-12-8-4)54-76-80(68,69)74-50-56(63)51-75-81(70,71)77-55-58(53-73-59(64)46-42-39-35-32-29-26-23-19-15-11-7-3)79-62(67)49-45-41-37-34-31-28-25-22-18-14-10-6-2/h10,14,21-22,24-26,28-29,31,56-58,63H,5-9,11-13,15-20,23,27,30,32-38,40-41,43-44,46-48,50-55H2,1-4H3,(H,68,69)(H,70,71)/b14-10-,24-21+,25-22?,29-26+,31-28?/t56-,57+,58+/m0/s1. The maximum atomic E-state index is 12.9. The van der Waals surface area contributed by atoms with Gasteiger partial charge in [0.25, 0.3) is 0 Å². The van der Waals surface area contributed by atoms with Crippen molar-refractivity contribution in [1.29, 1.82) is 0 Å². The van der Waals surface area contributed by atoms with Crippen LogP contribution in [0.1, 0.15) is 227 Å². The lowest BCUT2D eigenvalue weighted by molar-refractivity contribution is -0.161. The SMILES string of the molecule is CC/C=C\CC=CC=CCCCC#CC(=O)O[C@H](COC(=O)CC#CCC/C=C/CCCCCC)COP(=O)(O)OC[C@@H](O)COP(=O)(O)OC[C@@H](COC(=O)CCCCCCC/C=C/CCCCC)OC(=O)CCCCCCCC. The highest BCUT2D eigenvalue weighted by molar-refractivity contribution is 7.47. The van der Waals surface area contributed by atoms with Gasteiger partial charge in [0.1, 0.15) is 25.7 Å². The molecule has 0 amide bonds. The quantitative estimate of drug-likeness (QED) is 0.00750. The van der Waals surface area contributed by atoms with Crippen molar-refractivity contribution in [1.82, 2.24) is 0 Å². The van der Waals surface area contributed by atoms with Crippen molar-refractivity contribution in [3.05, 3.63) is 60.8 Å². The van der Waals surface area contributed by atoms with Crippen LogP contribution in [0.25, 0.3) is 0 Å². The third-order valence-corrected chi connectivity index (χ3v) is 13.8. The molecule has 2 unspecified atom stereocenters. The molecule has 0 aliphatic rings. The van der Waals surface area contributed by atoms with Crippen LogP contribution < -0.4 is 0 Å². The number of ether oxygens (including phenoxy) is 4. The van der Waals surface area contributed by atoms with Gasteiger partial charge in [-0.2, -0.15) is 0 Å². The van der Waals surface area contributed by atoms with Crippen molar-refractivity contribution < 1.29 is 80.2 Å². The smallest absolute Gasteiger partial charge is 0.462 e. The van der Waals surface area contributed by atoms with Crippen LogP contribution in [0.3, 0.4) is 0 Å². The lowest BCUT2D eigenvalue weighted by Gasteiger charge is -2.21. The van der Waals surface area contributed by atoms with Crippen LogP contribution in [0.15, 0.2) is 60.8 Å². The number of hydrogen-bond donors (Lipinski definition) is 3. The molecule has 0 aliphatic carbocycles. The molecule has 0 heterocycles. The number of rotatable bonds is 52. The molecule has 0 saturated carbocycles. The molecule has 0 aliphatic heterocycles. The molecule has 0 aromatic heterocycles. The average molecular weight is 1180 g/mol. The Bertz CT molecular complexity index is 2010. The summed E-state index contributed by atoms with van der Waals surface area (Å²) in [6.45, 7) is 4.14. The van der Waals surface area contributed by atoms with E-state index in [9.17, 15) is 43.2 Å². The topological polar surface area (TPSA) is 237 Å². The zero-order valence-electron chi connectivity index (χ0n) is 49.6. The second-order valence-corrected chi connectivity index (χ2v) is 22.5. The second-order valence-electron chi connectivity index (χ2n) is 19.6. The van der Waals surface area contributed by atoms with E-state index in [2.05, 4.69) is 87.8 Å². The Morgan fingerprint density at radius 2 is 0.914 bits per heavy atom. The Balaban J connectivity index is 5.36. The zero-order valence-corrected chi connectivity index (χ0v) is 51.4. The van der Waals surface area contributed by atoms with Gasteiger partial charge in [-0.25, -0.2) is 13.9 Å². The summed E-state index contributed by atoms with van der Waals surface area (Å²) in [4.78, 5) is 71.4. The molecule has 5 atom stereocenters. The normalized spacial score (nSPS) is 14.3. The molecule has 17 nitrogen and oxygen atoms in total. The first kappa shape index (κ1) is 76.9. The molecule has 0 saturated heterocycles. The average Bonchev–Trinajstić information content (AvgIpc) is 3.44. The van der Waals surface area contributed by atoms with Crippen molar-refractivity contribution in [2.75, 3.05) is 39.6 Å². The number of phosphoric acid groups is 2. The Morgan fingerprint density at radius 3 is 1.52 bits per heavy atom. The maximum absolute atomic E-state index is 12.9. The number of aliphatic hydroxyl groups excluding tert-OH is 1. The van der Waals surface area contributed by atoms with Crippen LogP contribution in [0, 0.1) is 23.7 Å². The van der Waals surface area contributed by atoms with Crippen LogP contribution in [-0.2, 0) is 65.4 Å². The Morgan fingerprint density at radius 1 is 0.444 bits per heavy atom. The van der Waals surface area contributed by atoms with Gasteiger partial charge >= 0.3 is 39.5 Å². The molecule has 3 N–H and O–H groups in total. The molecule has 462 valence electrons. The number of hydrogen-bond acceptors (Lipinski definition) is 15. The predicted molar refractivity (Wildman–Crippen MR) is 318 cm³/mol. The van der Waals surface area contributed by atoms with Crippen molar-refractivity contribution in [3.8, 4) is 23.7 Å². The van der Waals surface area contributed by atoms with Gasteiger partial charge < -0.3 is 33.8 Å². The Hall–Kier alpha value is -4.12. The first-order valence-corrected chi connectivity index (χ1v) is 33.0. The zero-order chi connectivity index (χ0) is 59.8. The maximum Gasteiger partial charge on any atom is 0.472 e. The van der Waals surface area contributed by atoms with Gasteiger partial charge in [0.15, 0.2) is 12.2 Å². The van der Waals surface area contributed by atoms with Gasteiger partial charge in [0.05, 0.1) is 26.4 Å². The first-order chi connectivity index (χ1) is 39.2. The van der Waals surface area contributed by atoms with Crippen molar-refractivity contribution >= 4 is 39.5 Å². The number of aliphatic hydroxyl groups is 1. The fourth-order valence-corrected chi connectivity index (χ4v) is 8.85. The molecule has 19 heteroatoms. The highest BCUT2D eigenvalue weighted by atomic mass is 31.2. The summed E-state index contributed by atoms with van der Waals surface area (Å²) in [5.74, 6) is 7.87. The van der Waals surface area contributed by atoms with E-state index in [1.54, 1.807) is 0 Å². The molecule has 0 bridgehead atoms. The number of phosphoric ester groups is 2. The number of carbonyl (C=O) groups excluding carboxylic acids is 4. The fraction of sp³-hybridized carbons (Fsp3) is 0.710. The van der Waals surface area contributed by atoms with Crippen LogP contribution in [0.4, 0.5) is 0 Å². The van der Waals surface area contributed by atoms with E-state index in [1.165, 1.54) is 38.5 Å². The summed E-state index contributed by atoms with van der Waals surface area (Å²) in [6.07, 6.45) is 42.9. The minimum absolute atomic E-state index is 0.0832. The molecule has 0 aromatic rings. The minimum Gasteiger partial charge on any atom is -0.462 e. The van der Waals surface area contributed by atoms with Crippen LogP contribution in [-0.4, -0.2) is 96.7 Å². The molecule has 0 aromatic carbocycles. The summed E-state index contributed by atoms with van der Waals surface area (Å²) >= 11 is 0. The summed E-state index contributed by atoms with van der Waals surface area (Å²) in [5, 5.41) is 10.5. The molecular formula is C62H102O17P2. The summed E-state index contributed by atoms with van der Waals surface area (Å²) in [7, 11) is -9.99. The Labute approximate surface area is 487 Å². The van der Waals surface area contributed by atoms with Gasteiger partial charge in [-0.1, -0.05) is 184 Å². The molecule has 81 heavy (non-hydrogen) atoms. The van der Waals surface area contributed by atoms with Gasteiger partial charge in [0, 0.05) is 31.6 Å². The number of allylic oxidation sites excluding steroid dienone is 10. The van der Waals surface area contributed by atoms with E-state index < -0.39 is 97.5 Å².